The third kappa shape index (κ3) is 4.26. The summed E-state index contributed by atoms with van der Waals surface area (Å²) in [5.41, 5.74) is 1.46. The molecule has 28 heavy (non-hydrogen) atoms. The summed E-state index contributed by atoms with van der Waals surface area (Å²) in [5.74, 6) is 0.449. The van der Waals surface area contributed by atoms with Crippen molar-refractivity contribution in [2.75, 3.05) is 39.2 Å². The molecule has 1 fully saturated rings. The highest BCUT2D eigenvalue weighted by atomic mass is 16.5. The molecule has 1 atom stereocenters. The van der Waals surface area contributed by atoms with Crippen LogP contribution in [-0.2, 0) is 4.74 Å². The molecule has 1 aliphatic heterocycles. The van der Waals surface area contributed by atoms with Crippen LogP contribution in [0.3, 0.4) is 0 Å². The van der Waals surface area contributed by atoms with Crippen LogP contribution in [0.4, 0.5) is 5.69 Å². The number of morpholine rings is 1. The Bertz CT molecular complexity index is 828. The summed E-state index contributed by atoms with van der Waals surface area (Å²) in [6, 6.07) is 12.0. The molecule has 7 nitrogen and oxygen atoms in total. The van der Waals surface area contributed by atoms with Crippen molar-refractivity contribution in [1.29, 1.82) is 0 Å². The van der Waals surface area contributed by atoms with Gasteiger partial charge in [-0.15, -0.1) is 0 Å². The second-order valence-corrected chi connectivity index (χ2v) is 6.50. The van der Waals surface area contributed by atoms with E-state index in [0.717, 1.165) is 0 Å². The van der Waals surface area contributed by atoms with Gasteiger partial charge in [-0.2, -0.15) is 0 Å². The summed E-state index contributed by atoms with van der Waals surface area (Å²) in [6.45, 7) is 3.65. The third-order valence-electron chi connectivity index (χ3n) is 4.57. The van der Waals surface area contributed by atoms with Crippen LogP contribution < -0.4 is 14.8 Å². The summed E-state index contributed by atoms with van der Waals surface area (Å²) in [4.78, 5) is 27.1. The van der Waals surface area contributed by atoms with Crippen LogP contribution in [0.15, 0.2) is 42.5 Å². The average molecular weight is 384 g/mol. The fraction of sp³-hybridized carbons (Fsp3) is 0.333. The topological polar surface area (TPSA) is 77.1 Å². The molecule has 1 saturated heterocycles. The third-order valence-corrected chi connectivity index (χ3v) is 4.57. The number of anilines is 1. The van der Waals surface area contributed by atoms with Crippen LogP contribution >= 0.6 is 0 Å². The molecule has 2 amide bonds. The van der Waals surface area contributed by atoms with Gasteiger partial charge in [0, 0.05) is 24.3 Å². The highest BCUT2D eigenvalue weighted by Gasteiger charge is 2.23. The minimum Gasteiger partial charge on any atom is -0.496 e. The van der Waals surface area contributed by atoms with Crippen molar-refractivity contribution >= 4 is 17.5 Å². The van der Waals surface area contributed by atoms with Gasteiger partial charge in [-0.05, 0) is 43.3 Å². The highest BCUT2D eigenvalue weighted by Crippen LogP contribution is 2.29. The molecule has 0 aliphatic carbocycles. The van der Waals surface area contributed by atoms with Crippen LogP contribution in [0.2, 0.25) is 0 Å². The summed E-state index contributed by atoms with van der Waals surface area (Å²) in [6.07, 6.45) is 0.0343. The van der Waals surface area contributed by atoms with Crippen LogP contribution in [0.25, 0.3) is 0 Å². The summed E-state index contributed by atoms with van der Waals surface area (Å²) >= 11 is 0. The van der Waals surface area contributed by atoms with Gasteiger partial charge in [0.2, 0.25) is 0 Å². The molecule has 1 heterocycles. The van der Waals surface area contributed by atoms with Gasteiger partial charge in [0.15, 0.2) is 0 Å². The molecule has 0 spiro atoms. The molecule has 7 heteroatoms. The van der Waals surface area contributed by atoms with E-state index in [0.29, 0.717) is 48.0 Å². The van der Waals surface area contributed by atoms with Crippen molar-refractivity contribution in [2.24, 2.45) is 0 Å². The van der Waals surface area contributed by atoms with Crippen LogP contribution in [0.1, 0.15) is 27.6 Å². The van der Waals surface area contributed by atoms with E-state index < -0.39 is 0 Å². The minimum atomic E-state index is -0.351. The number of rotatable bonds is 5. The number of methoxy groups -OCH3 is 2. The van der Waals surface area contributed by atoms with Crippen LogP contribution in [0.5, 0.6) is 11.5 Å². The number of nitrogens with zero attached hydrogens (tertiary/aromatic N) is 1. The van der Waals surface area contributed by atoms with E-state index in [1.54, 1.807) is 47.4 Å². The van der Waals surface area contributed by atoms with Gasteiger partial charge in [-0.25, -0.2) is 0 Å². The number of hydrogen-bond donors (Lipinski definition) is 1. The molecular formula is C21H24N2O5. The van der Waals surface area contributed by atoms with Gasteiger partial charge in [-0.3, -0.25) is 9.59 Å². The first kappa shape index (κ1) is 19.7. The van der Waals surface area contributed by atoms with Crippen molar-refractivity contribution < 1.29 is 23.8 Å². The average Bonchev–Trinajstić information content (AvgIpc) is 2.73. The van der Waals surface area contributed by atoms with Gasteiger partial charge in [-0.1, -0.05) is 6.07 Å². The Morgan fingerprint density at radius 2 is 1.71 bits per heavy atom. The van der Waals surface area contributed by atoms with Gasteiger partial charge >= 0.3 is 0 Å². The Hall–Kier alpha value is -3.06. The molecule has 1 aliphatic rings. The van der Waals surface area contributed by atoms with Gasteiger partial charge < -0.3 is 24.4 Å². The number of ether oxygens (including phenoxy) is 3. The second kappa shape index (κ2) is 8.75. The maximum atomic E-state index is 12.7. The Balaban J connectivity index is 1.73. The normalized spacial score (nSPS) is 16.4. The molecule has 148 valence electrons. The number of carbonyl (C=O) groups is 2. The smallest absolute Gasteiger partial charge is 0.263 e. The van der Waals surface area contributed by atoms with E-state index in [4.69, 9.17) is 14.2 Å². The van der Waals surface area contributed by atoms with E-state index >= 15 is 0 Å². The fourth-order valence-electron chi connectivity index (χ4n) is 3.15. The standard InChI is InChI=1S/C21H24N2O5/c1-14-13-23(11-12-28-14)21(25)15-7-9-16(10-8-15)22-20(24)19-17(26-2)5-4-6-18(19)27-3/h4-10,14H,11-13H2,1-3H3,(H,22,24). The van der Waals surface area contributed by atoms with E-state index in [1.807, 2.05) is 6.92 Å². The predicted molar refractivity (Wildman–Crippen MR) is 105 cm³/mol. The van der Waals surface area contributed by atoms with Crippen LogP contribution in [-0.4, -0.2) is 56.7 Å². The fourth-order valence-corrected chi connectivity index (χ4v) is 3.15. The predicted octanol–water partition coefficient (Wildman–Crippen LogP) is 2.82. The largest absolute Gasteiger partial charge is 0.496 e. The first-order chi connectivity index (χ1) is 13.5. The minimum absolute atomic E-state index is 0.0343. The first-order valence-electron chi connectivity index (χ1n) is 9.06. The van der Waals surface area contributed by atoms with Crippen molar-refractivity contribution in [3.63, 3.8) is 0 Å². The zero-order valence-electron chi connectivity index (χ0n) is 16.2. The van der Waals surface area contributed by atoms with Crippen molar-refractivity contribution in [1.82, 2.24) is 4.90 Å². The Kier molecular flexibility index (Phi) is 6.16. The number of hydrogen-bond acceptors (Lipinski definition) is 5. The number of nitrogens with one attached hydrogen (secondary N) is 1. The summed E-state index contributed by atoms with van der Waals surface area (Å²) < 4.78 is 16.0. The van der Waals surface area contributed by atoms with Gasteiger partial charge in [0.05, 0.1) is 26.9 Å². The molecule has 3 rings (SSSR count). The number of benzene rings is 2. The van der Waals surface area contributed by atoms with Crippen LogP contribution in [0, 0.1) is 0 Å². The maximum Gasteiger partial charge on any atom is 0.263 e. The first-order valence-corrected chi connectivity index (χ1v) is 9.06. The molecule has 2 aromatic rings. The van der Waals surface area contributed by atoms with Gasteiger partial charge in [0.25, 0.3) is 11.8 Å². The van der Waals surface area contributed by atoms with E-state index in [1.165, 1.54) is 14.2 Å². The Labute approximate surface area is 164 Å². The molecule has 0 saturated carbocycles. The molecule has 1 N–H and O–H groups in total. The zero-order chi connectivity index (χ0) is 20.1. The molecule has 0 radical (unpaired) electrons. The van der Waals surface area contributed by atoms with Crippen molar-refractivity contribution in [3.8, 4) is 11.5 Å². The second-order valence-electron chi connectivity index (χ2n) is 6.50. The van der Waals surface area contributed by atoms with E-state index in [9.17, 15) is 9.59 Å². The molecule has 0 aromatic heterocycles. The lowest BCUT2D eigenvalue weighted by molar-refractivity contribution is -0.0124. The molecule has 1 unspecified atom stereocenters. The van der Waals surface area contributed by atoms with Crippen molar-refractivity contribution in [2.45, 2.75) is 13.0 Å². The molecule has 0 bridgehead atoms. The quantitative estimate of drug-likeness (QED) is 0.858. The lowest BCUT2D eigenvalue weighted by Crippen LogP contribution is -2.44. The molecule has 2 aromatic carbocycles. The lowest BCUT2D eigenvalue weighted by atomic mass is 10.1. The van der Waals surface area contributed by atoms with E-state index in [2.05, 4.69) is 5.32 Å². The maximum absolute atomic E-state index is 12.7. The summed E-state index contributed by atoms with van der Waals surface area (Å²) in [5, 5.41) is 2.82. The summed E-state index contributed by atoms with van der Waals surface area (Å²) in [7, 11) is 3.00. The Morgan fingerprint density at radius 3 is 2.29 bits per heavy atom. The highest BCUT2D eigenvalue weighted by molar-refractivity contribution is 6.08. The van der Waals surface area contributed by atoms with Gasteiger partial charge in [0.1, 0.15) is 17.1 Å². The van der Waals surface area contributed by atoms with E-state index in [-0.39, 0.29) is 17.9 Å². The number of amides is 2. The Morgan fingerprint density at radius 1 is 1.07 bits per heavy atom. The molecular weight excluding hydrogens is 360 g/mol. The monoisotopic (exact) mass is 384 g/mol. The zero-order valence-corrected chi connectivity index (χ0v) is 16.2. The van der Waals surface area contributed by atoms with Crippen molar-refractivity contribution in [3.05, 3.63) is 53.6 Å². The SMILES string of the molecule is COc1cccc(OC)c1C(=O)Nc1ccc(C(=O)N2CCOC(C)C2)cc1. The number of carbonyl (C=O) groups excluding carboxylic acids is 2. The lowest BCUT2D eigenvalue weighted by Gasteiger charge is -2.31.